The molecule has 1 aromatic carbocycles. The Balaban J connectivity index is 2.47. The van der Waals surface area contributed by atoms with E-state index in [4.69, 9.17) is 10.8 Å². The number of aliphatic hydroxyl groups is 1. The van der Waals surface area contributed by atoms with Crippen molar-refractivity contribution in [3.8, 4) is 0 Å². The molecule has 0 radical (unpaired) electrons. The zero-order valence-corrected chi connectivity index (χ0v) is 8.73. The standard InChI is InChI=1S/C11H16N2O2/c1-8(12)11(15)13-6-9-2-4-10(7-14)5-3-9/h2-5,8,14H,6-7,12H2,1H3,(H,13,15)/t8-/m1/s1. The zero-order valence-electron chi connectivity index (χ0n) is 8.73. The predicted molar refractivity (Wildman–Crippen MR) is 57.9 cm³/mol. The zero-order chi connectivity index (χ0) is 11.3. The minimum Gasteiger partial charge on any atom is -0.392 e. The van der Waals surface area contributed by atoms with E-state index in [1.54, 1.807) is 6.92 Å². The summed E-state index contributed by atoms with van der Waals surface area (Å²) in [6.07, 6.45) is 0. The molecule has 0 aliphatic rings. The van der Waals surface area contributed by atoms with Crippen LogP contribution in [0.1, 0.15) is 18.1 Å². The fourth-order valence-corrected chi connectivity index (χ4v) is 1.11. The molecule has 0 unspecified atom stereocenters. The number of carbonyl (C=O) groups is 1. The number of carbonyl (C=O) groups excluding carboxylic acids is 1. The lowest BCUT2D eigenvalue weighted by Crippen LogP contribution is -2.37. The van der Waals surface area contributed by atoms with E-state index < -0.39 is 6.04 Å². The quantitative estimate of drug-likeness (QED) is 0.659. The number of benzene rings is 1. The average molecular weight is 208 g/mol. The number of hydrogen-bond acceptors (Lipinski definition) is 3. The first-order valence-corrected chi connectivity index (χ1v) is 4.85. The SMILES string of the molecule is C[C@@H](N)C(=O)NCc1ccc(CO)cc1. The molecule has 0 heterocycles. The van der Waals surface area contributed by atoms with Gasteiger partial charge in [-0.25, -0.2) is 0 Å². The van der Waals surface area contributed by atoms with Gasteiger partial charge >= 0.3 is 0 Å². The molecule has 1 aromatic rings. The minimum atomic E-state index is -0.485. The van der Waals surface area contributed by atoms with Gasteiger partial charge in [-0.2, -0.15) is 0 Å². The molecule has 0 aliphatic carbocycles. The number of aliphatic hydroxyl groups excluding tert-OH is 1. The lowest BCUT2D eigenvalue weighted by molar-refractivity contribution is -0.122. The highest BCUT2D eigenvalue weighted by molar-refractivity contribution is 5.80. The van der Waals surface area contributed by atoms with Gasteiger partial charge in [0.2, 0.25) is 5.91 Å². The van der Waals surface area contributed by atoms with Crippen LogP contribution in [0.4, 0.5) is 0 Å². The van der Waals surface area contributed by atoms with Crippen LogP contribution in [0.25, 0.3) is 0 Å². The van der Waals surface area contributed by atoms with Crippen molar-refractivity contribution in [1.82, 2.24) is 5.32 Å². The molecule has 4 N–H and O–H groups in total. The van der Waals surface area contributed by atoms with Gasteiger partial charge in [-0.05, 0) is 18.1 Å². The molecule has 1 amide bonds. The summed E-state index contributed by atoms with van der Waals surface area (Å²) in [5, 5.41) is 11.5. The number of nitrogens with one attached hydrogen (secondary N) is 1. The Bertz CT molecular complexity index is 320. The molecule has 4 nitrogen and oxygen atoms in total. The van der Waals surface area contributed by atoms with E-state index in [1.807, 2.05) is 24.3 Å². The first kappa shape index (κ1) is 11.7. The van der Waals surface area contributed by atoms with Crippen molar-refractivity contribution in [1.29, 1.82) is 0 Å². The highest BCUT2D eigenvalue weighted by Gasteiger charge is 2.05. The summed E-state index contributed by atoms with van der Waals surface area (Å²) in [5.74, 6) is -0.166. The maximum Gasteiger partial charge on any atom is 0.236 e. The number of amides is 1. The van der Waals surface area contributed by atoms with E-state index >= 15 is 0 Å². The fraction of sp³-hybridized carbons (Fsp3) is 0.364. The summed E-state index contributed by atoms with van der Waals surface area (Å²) < 4.78 is 0. The second kappa shape index (κ2) is 5.48. The molecule has 1 rings (SSSR count). The van der Waals surface area contributed by atoms with Gasteiger partial charge in [0.15, 0.2) is 0 Å². The van der Waals surface area contributed by atoms with Crippen LogP contribution in [0, 0.1) is 0 Å². The summed E-state index contributed by atoms with van der Waals surface area (Å²) >= 11 is 0. The van der Waals surface area contributed by atoms with Crippen molar-refractivity contribution in [2.45, 2.75) is 26.1 Å². The van der Waals surface area contributed by atoms with Gasteiger partial charge in [-0.3, -0.25) is 4.79 Å². The molecular formula is C11H16N2O2. The van der Waals surface area contributed by atoms with Crippen molar-refractivity contribution in [2.75, 3.05) is 0 Å². The van der Waals surface area contributed by atoms with Crippen molar-refractivity contribution in [3.63, 3.8) is 0 Å². The van der Waals surface area contributed by atoms with E-state index in [0.717, 1.165) is 11.1 Å². The summed E-state index contributed by atoms with van der Waals surface area (Å²) in [6.45, 7) is 2.14. The summed E-state index contributed by atoms with van der Waals surface area (Å²) in [7, 11) is 0. The summed E-state index contributed by atoms with van der Waals surface area (Å²) in [5.41, 5.74) is 7.25. The normalized spacial score (nSPS) is 12.2. The number of rotatable bonds is 4. The molecule has 1 atom stereocenters. The van der Waals surface area contributed by atoms with Gasteiger partial charge in [0.05, 0.1) is 12.6 Å². The molecular weight excluding hydrogens is 192 g/mol. The van der Waals surface area contributed by atoms with E-state index in [2.05, 4.69) is 5.32 Å². The van der Waals surface area contributed by atoms with Crippen LogP contribution in [-0.4, -0.2) is 17.1 Å². The second-order valence-electron chi connectivity index (χ2n) is 3.48. The monoisotopic (exact) mass is 208 g/mol. The largest absolute Gasteiger partial charge is 0.392 e. The first-order valence-electron chi connectivity index (χ1n) is 4.85. The smallest absolute Gasteiger partial charge is 0.236 e. The molecule has 0 saturated carbocycles. The van der Waals surface area contributed by atoms with E-state index in [9.17, 15) is 4.79 Å². The topological polar surface area (TPSA) is 75.4 Å². The predicted octanol–water partition coefficient (Wildman–Crippen LogP) is 0.142. The van der Waals surface area contributed by atoms with Gasteiger partial charge in [0.1, 0.15) is 0 Å². The lowest BCUT2D eigenvalue weighted by Gasteiger charge is -2.07. The minimum absolute atomic E-state index is 0.0342. The highest BCUT2D eigenvalue weighted by Crippen LogP contribution is 2.03. The van der Waals surface area contributed by atoms with Gasteiger partial charge in [-0.1, -0.05) is 24.3 Å². The van der Waals surface area contributed by atoms with Crippen LogP contribution >= 0.6 is 0 Å². The second-order valence-corrected chi connectivity index (χ2v) is 3.48. The molecule has 0 aromatic heterocycles. The third-order valence-electron chi connectivity index (χ3n) is 2.09. The van der Waals surface area contributed by atoms with Crippen molar-refractivity contribution >= 4 is 5.91 Å². The Morgan fingerprint density at radius 3 is 2.40 bits per heavy atom. The molecule has 0 bridgehead atoms. The number of nitrogens with two attached hydrogens (primary N) is 1. The lowest BCUT2D eigenvalue weighted by atomic mass is 10.1. The third kappa shape index (κ3) is 3.69. The highest BCUT2D eigenvalue weighted by atomic mass is 16.3. The van der Waals surface area contributed by atoms with Crippen LogP contribution in [0.5, 0.6) is 0 Å². The van der Waals surface area contributed by atoms with E-state index in [1.165, 1.54) is 0 Å². The molecule has 15 heavy (non-hydrogen) atoms. The Labute approximate surface area is 89.1 Å². The molecule has 4 heteroatoms. The Kier molecular flexibility index (Phi) is 4.27. The summed E-state index contributed by atoms with van der Waals surface area (Å²) in [6, 6.07) is 6.91. The fourth-order valence-electron chi connectivity index (χ4n) is 1.11. The summed E-state index contributed by atoms with van der Waals surface area (Å²) in [4.78, 5) is 11.2. The molecule has 0 aliphatic heterocycles. The maximum atomic E-state index is 11.2. The van der Waals surface area contributed by atoms with Crippen LogP contribution in [0.3, 0.4) is 0 Å². The average Bonchev–Trinajstić information content (AvgIpc) is 2.26. The van der Waals surface area contributed by atoms with Gasteiger partial charge in [0, 0.05) is 6.54 Å². The molecule has 0 spiro atoms. The van der Waals surface area contributed by atoms with E-state index in [-0.39, 0.29) is 12.5 Å². The Morgan fingerprint density at radius 2 is 1.93 bits per heavy atom. The molecule has 0 saturated heterocycles. The van der Waals surface area contributed by atoms with Crippen LogP contribution in [-0.2, 0) is 17.9 Å². The van der Waals surface area contributed by atoms with Crippen molar-refractivity contribution in [2.24, 2.45) is 5.73 Å². The molecule has 0 fully saturated rings. The van der Waals surface area contributed by atoms with Crippen LogP contribution < -0.4 is 11.1 Å². The van der Waals surface area contributed by atoms with Crippen molar-refractivity contribution < 1.29 is 9.90 Å². The van der Waals surface area contributed by atoms with Gasteiger partial charge in [0.25, 0.3) is 0 Å². The first-order chi connectivity index (χ1) is 7.13. The van der Waals surface area contributed by atoms with Crippen LogP contribution in [0.2, 0.25) is 0 Å². The Hall–Kier alpha value is -1.39. The van der Waals surface area contributed by atoms with Crippen LogP contribution in [0.15, 0.2) is 24.3 Å². The number of hydrogen-bond donors (Lipinski definition) is 3. The molecule has 82 valence electrons. The Morgan fingerprint density at radius 1 is 1.40 bits per heavy atom. The maximum absolute atomic E-state index is 11.2. The van der Waals surface area contributed by atoms with Gasteiger partial charge < -0.3 is 16.2 Å². The van der Waals surface area contributed by atoms with E-state index in [0.29, 0.717) is 6.54 Å². The van der Waals surface area contributed by atoms with Gasteiger partial charge in [-0.15, -0.1) is 0 Å². The third-order valence-corrected chi connectivity index (χ3v) is 2.09. The van der Waals surface area contributed by atoms with Crippen molar-refractivity contribution in [3.05, 3.63) is 35.4 Å².